The summed E-state index contributed by atoms with van der Waals surface area (Å²) in [5.74, 6) is -1.51. The van der Waals surface area contributed by atoms with Crippen LogP contribution in [-0.4, -0.2) is 53.9 Å². The molecule has 1 fully saturated rings. The van der Waals surface area contributed by atoms with Crippen LogP contribution in [0.1, 0.15) is 27.6 Å². The molecule has 0 unspecified atom stereocenters. The van der Waals surface area contributed by atoms with Gasteiger partial charge >= 0.3 is 5.97 Å². The van der Waals surface area contributed by atoms with E-state index < -0.39 is 5.97 Å². The van der Waals surface area contributed by atoms with Crippen LogP contribution in [0.3, 0.4) is 0 Å². The van der Waals surface area contributed by atoms with Gasteiger partial charge in [0.15, 0.2) is 0 Å². The van der Waals surface area contributed by atoms with Crippen LogP contribution in [0.5, 0.6) is 0 Å². The Bertz CT molecular complexity index is 505. The van der Waals surface area contributed by atoms with Gasteiger partial charge in [0.05, 0.1) is 30.4 Å². The summed E-state index contributed by atoms with van der Waals surface area (Å²) in [6.45, 7) is 3.22. The van der Waals surface area contributed by atoms with Crippen molar-refractivity contribution in [2.75, 3.05) is 19.8 Å². The number of ether oxygens (including phenoxy) is 2. The molecular weight excluding hydrogens is 264 g/mol. The van der Waals surface area contributed by atoms with Gasteiger partial charge in [-0.25, -0.2) is 4.79 Å². The second-order valence-corrected chi connectivity index (χ2v) is 4.38. The van der Waals surface area contributed by atoms with Gasteiger partial charge in [-0.15, -0.1) is 0 Å². The zero-order valence-electron chi connectivity index (χ0n) is 11.0. The van der Waals surface area contributed by atoms with E-state index in [0.29, 0.717) is 19.8 Å². The number of nitrogens with zero attached hydrogens (tertiary/aromatic N) is 1. The summed E-state index contributed by atoms with van der Waals surface area (Å²) in [4.78, 5) is 26.7. The van der Waals surface area contributed by atoms with Crippen molar-refractivity contribution in [1.82, 2.24) is 10.3 Å². The molecule has 0 aliphatic carbocycles. The molecule has 108 valence electrons. The molecule has 1 saturated heterocycles. The van der Waals surface area contributed by atoms with E-state index in [1.807, 2.05) is 6.92 Å². The number of hydrogen-bond acceptors (Lipinski definition) is 5. The van der Waals surface area contributed by atoms with Crippen molar-refractivity contribution >= 4 is 11.9 Å². The van der Waals surface area contributed by atoms with Gasteiger partial charge < -0.3 is 19.9 Å². The number of carboxylic acid groups (broad SMARTS) is 1. The summed E-state index contributed by atoms with van der Waals surface area (Å²) in [7, 11) is 0. The molecule has 2 N–H and O–H groups in total. The number of nitrogens with one attached hydrogen (secondary N) is 1. The van der Waals surface area contributed by atoms with E-state index in [2.05, 4.69) is 10.3 Å². The summed E-state index contributed by atoms with van der Waals surface area (Å²) < 4.78 is 10.7. The van der Waals surface area contributed by atoms with E-state index in [-0.39, 0.29) is 29.2 Å². The Kier molecular flexibility index (Phi) is 4.65. The lowest BCUT2D eigenvalue weighted by atomic mass is 10.1. The summed E-state index contributed by atoms with van der Waals surface area (Å²) in [6, 6.07) is 1.05. The minimum atomic E-state index is -1.12. The number of amides is 1. The fraction of sp³-hybridized carbons (Fsp3) is 0.462. The van der Waals surface area contributed by atoms with Crippen LogP contribution in [0.15, 0.2) is 18.5 Å². The van der Waals surface area contributed by atoms with Crippen molar-refractivity contribution in [3.63, 3.8) is 0 Å². The van der Waals surface area contributed by atoms with Gasteiger partial charge in [-0.2, -0.15) is 0 Å². The quantitative estimate of drug-likeness (QED) is 0.805. The maximum Gasteiger partial charge on any atom is 0.337 e. The van der Waals surface area contributed by atoms with Crippen molar-refractivity contribution in [2.24, 2.45) is 0 Å². The zero-order chi connectivity index (χ0) is 14.5. The van der Waals surface area contributed by atoms with Crippen LogP contribution in [-0.2, 0) is 9.47 Å². The van der Waals surface area contributed by atoms with Crippen LogP contribution >= 0.6 is 0 Å². The predicted molar refractivity (Wildman–Crippen MR) is 68.7 cm³/mol. The largest absolute Gasteiger partial charge is 0.478 e. The number of carboxylic acids is 1. The number of pyridine rings is 1. The first-order valence-corrected chi connectivity index (χ1v) is 6.30. The topological polar surface area (TPSA) is 97.8 Å². The van der Waals surface area contributed by atoms with Gasteiger partial charge in [0, 0.05) is 19.0 Å². The molecule has 1 aliphatic rings. The number of aromatic nitrogens is 1. The SMILES string of the molecule is CCO[C@@H]1COC[C@H]1NC(=O)c1cncc(C(=O)O)c1. The normalized spacial score (nSPS) is 21.6. The average molecular weight is 280 g/mol. The number of carbonyl (C=O) groups is 2. The Morgan fingerprint density at radius 2 is 2.20 bits per heavy atom. The van der Waals surface area contributed by atoms with Crippen molar-refractivity contribution in [3.05, 3.63) is 29.6 Å². The molecule has 0 saturated carbocycles. The van der Waals surface area contributed by atoms with E-state index in [1.165, 1.54) is 18.5 Å². The third-order valence-electron chi connectivity index (χ3n) is 2.97. The Morgan fingerprint density at radius 1 is 1.45 bits per heavy atom. The first-order chi connectivity index (χ1) is 9.61. The van der Waals surface area contributed by atoms with Crippen molar-refractivity contribution in [1.29, 1.82) is 0 Å². The number of carbonyl (C=O) groups excluding carboxylic acids is 1. The molecule has 0 bridgehead atoms. The first-order valence-electron chi connectivity index (χ1n) is 6.30. The molecular formula is C13H16N2O5. The average Bonchev–Trinajstić information content (AvgIpc) is 2.86. The van der Waals surface area contributed by atoms with Crippen LogP contribution in [0.2, 0.25) is 0 Å². The molecule has 0 spiro atoms. The molecule has 2 atom stereocenters. The van der Waals surface area contributed by atoms with Crippen LogP contribution < -0.4 is 5.32 Å². The molecule has 0 aromatic carbocycles. The van der Waals surface area contributed by atoms with Gasteiger partial charge in [0.25, 0.3) is 5.91 Å². The number of rotatable bonds is 5. The molecule has 7 heteroatoms. The van der Waals surface area contributed by atoms with E-state index in [4.69, 9.17) is 14.6 Å². The maximum atomic E-state index is 12.1. The number of aromatic carboxylic acids is 1. The third-order valence-corrected chi connectivity index (χ3v) is 2.97. The Hall–Kier alpha value is -1.99. The second kappa shape index (κ2) is 6.44. The van der Waals surface area contributed by atoms with Gasteiger partial charge in [-0.1, -0.05) is 0 Å². The van der Waals surface area contributed by atoms with Crippen LogP contribution in [0.4, 0.5) is 0 Å². The molecule has 1 amide bonds. The van der Waals surface area contributed by atoms with E-state index >= 15 is 0 Å². The summed E-state index contributed by atoms with van der Waals surface area (Å²) in [6.07, 6.45) is 2.34. The van der Waals surface area contributed by atoms with E-state index in [1.54, 1.807) is 0 Å². The fourth-order valence-corrected chi connectivity index (χ4v) is 1.98. The van der Waals surface area contributed by atoms with Crippen molar-refractivity contribution < 1.29 is 24.2 Å². The lowest BCUT2D eigenvalue weighted by Gasteiger charge is -2.18. The lowest BCUT2D eigenvalue weighted by Crippen LogP contribution is -2.43. The van der Waals surface area contributed by atoms with Crippen LogP contribution in [0, 0.1) is 0 Å². The Balaban J connectivity index is 2.04. The lowest BCUT2D eigenvalue weighted by molar-refractivity contribution is 0.0402. The molecule has 20 heavy (non-hydrogen) atoms. The molecule has 1 aromatic heterocycles. The smallest absolute Gasteiger partial charge is 0.337 e. The number of hydrogen-bond donors (Lipinski definition) is 2. The molecule has 1 aromatic rings. The molecule has 7 nitrogen and oxygen atoms in total. The van der Waals surface area contributed by atoms with Crippen LogP contribution in [0.25, 0.3) is 0 Å². The highest BCUT2D eigenvalue weighted by atomic mass is 16.5. The van der Waals surface area contributed by atoms with E-state index in [9.17, 15) is 9.59 Å². The van der Waals surface area contributed by atoms with Gasteiger partial charge in [0.2, 0.25) is 0 Å². The standard InChI is InChI=1S/C13H16N2O5/c1-2-20-11-7-19-6-10(11)15-12(16)8-3-9(13(17)18)5-14-4-8/h3-5,10-11H,2,6-7H2,1H3,(H,15,16)(H,17,18)/t10-,11-/m1/s1. The van der Waals surface area contributed by atoms with Gasteiger partial charge in [-0.3, -0.25) is 9.78 Å². The monoisotopic (exact) mass is 280 g/mol. The summed E-state index contributed by atoms with van der Waals surface area (Å²) in [5.41, 5.74) is 0.175. The van der Waals surface area contributed by atoms with Gasteiger partial charge in [-0.05, 0) is 13.0 Å². The predicted octanol–water partition coefficient (Wildman–Crippen LogP) is 0.313. The minimum absolute atomic E-state index is 0.0262. The van der Waals surface area contributed by atoms with Gasteiger partial charge in [0.1, 0.15) is 6.10 Å². The second-order valence-electron chi connectivity index (χ2n) is 4.38. The third kappa shape index (κ3) is 3.31. The highest BCUT2D eigenvalue weighted by molar-refractivity contribution is 5.97. The zero-order valence-corrected chi connectivity index (χ0v) is 11.0. The summed E-state index contributed by atoms with van der Waals surface area (Å²) >= 11 is 0. The molecule has 2 heterocycles. The maximum absolute atomic E-state index is 12.1. The molecule has 1 aliphatic heterocycles. The molecule has 2 rings (SSSR count). The molecule has 0 radical (unpaired) electrons. The first kappa shape index (κ1) is 14.4. The Labute approximate surface area is 115 Å². The van der Waals surface area contributed by atoms with E-state index in [0.717, 1.165) is 0 Å². The highest BCUT2D eigenvalue weighted by Gasteiger charge is 2.30. The highest BCUT2D eigenvalue weighted by Crippen LogP contribution is 2.11. The fourth-order valence-electron chi connectivity index (χ4n) is 1.98. The van der Waals surface area contributed by atoms with Crippen molar-refractivity contribution in [2.45, 2.75) is 19.1 Å². The Morgan fingerprint density at radius 3 is 2.90 bits per heavy atom. The summed E-state index contributed by atoms with van der Waals surface area (Å²) in [5, 5.41) is 11.6. The minimum Gasteiger partial charge on any atom is -0.478 e. The van der Waals surface area contributed by atoms with Crippen molar-refractivity contribution in [3.8, 4) is 0 Å².